The van der Waals surface area contributed by atoms with Crippen LogP contribution in [0.1, 0.15) is 87.5 Å². The van der Waals surface area contributed by atoms with Crippen LogP contribution in [-0.2, 0) is 19.1 Å². The lowest BCUT2D eigenvalue weighted by atomic mass is 9.38. The summed E-state index contributed by atoms with van der Waals surface area (Å²) in [4.78, 5) is 39.3. The van der Waals surface area contributed by atoms with Crippen molar-refractivity contribution in [2.45, 2.75) is 111 Å². The summed E-state index contributed by atoms with van der Waals surface area (Å²) < 4.78 is 5.23. The molecule has 0 saturated heterocycles. The lowest BCUT2D eigenvalue weighted by molar-refractivity contribution is -0.191. The number of carbonyl (C=O) groups excluding carboxylic acids is 3. The zero-order valence-corrected chi connectivity index (χ0v) is 25.3. The molecule has 8 heteroatoms. The minimum Gasteiger partial charge on any atom is -0.456 e. The van der Waals surface area contributed by atoms with Crippen LogP contribution in [-0.4, -0.2) is 68.0 Å². The third-order valence-electron chi connectivity index (χ3n) is 11.7. The minimum absolute atomic E-state index is 0.0150. The number of hydrogen-bond acceptors (Lipinski definition) is 8. The molecule has 4 N–H and O–H groups in total. The molecule has 0 radical (unpaired) electrons. The van der Waals surface area contributed by atoms with Gasteiger partial charge in [-0.15, -0.1) is 0 Å². The molecular formula is C32H48O8. The Morgan fingerprint density at radius 3 is 2.30 bits per heavy atom. The number of allylic oxidation sites excluding steroid dienone is 1. The van der Waals surface area contributed by atoms with Gasteiger partial charge in [0.05, 0.1) is 24.2 Å². The van der Waals surface area contributed by atoms with Gasteiger partial charge < -0.3 is 25.2 Å². The third-order valence-corrected chi connectivity index (χ3v) is 11.7. The predicted molar refractivity (Wildman–Crippen MR) is 149 cm³/mol. The quantitative estimate of drug-likeness (QED) is 0.220. The van der Waals surface area contributed by atoms with Gasteiger partial charge in [0.1, 0.15) is 17.0 Å². The van der Waals surface area contributed by atoms with Crippen LogP contribution in [0.25, 0.3) is 0 Å². The van der Waals surface area contributed by atoms with Crippen LogP contribution in [0.3, 0.4) is 0 Å². The lowest BCUT2D eigenvalue weighted by Gasteiger charge is -2.65. The van der Waals surface area contributed by atoms with Gasteiger partial charge in [-0.05, 0) is 81.3 Å². The Labute approximate surface area is 237 Å². The molecule has 0 aromatic carbocycles. The van der Waals surface area contributed by atoms with Crippen LogP contribution in [0.2, 0.25) is 0 Å². The molecule has 0 heterocycles. The van der Waals surface area contributed by atoms with E-state index in [9.17, 15) is 34.8 Å². The van der Waals surface area contributed by atoms with Gasteiger partial charge in [0.15, 0.2) is 5.78 Å². The molecule has 4 aliphatic rings. The first-order valence-electron chi connectivity index (χ1n) is 14.6. The van der Waals surface area contributed by atoms with Crippen LogP contribution < -0.4 is 0 Å². The summed E-state index contributed by atoms with van der Waals surface area (Å²) in [5.41, 5.74) is -5.21. The fourth-order valence-corrected chi connectivity index (χ4v) is 9.56. The fraction of sp³-hybridized carbons (Fsp3) is 0.781. The van der Waals surface area contributed by atoms with Crippen molar-refractivity contribution in [3.63, 3.8) is 0 Å². The maximum absolute atomic E-state index is 14.4. The molecule has 4 rings (SSSR count). The van der Waals surface area contributed by atoms with Crippen LogP contribution >= 0.6 is 0 Å². The summed E-state index contributed by atoms with van der Waals surface area (Å²) in [6, 6.07) is 0. The number of aliphatic hydroxyl groups is 4. The van der Waals surface area contributed by atoms with E-state index < -0.39 is 62.7 Å². The zero-order chi connectivity index (χ0) is 30.3. The van der Waals surface area contributed by atoms with E-state index in [0.29, 0.717) is 19.3 Å². The van der Waals surface area contributed by atoms with Crippen LogP contribution in [0.4, 0.5) is 0 Å². The van der Waals surface area contributed by atoms with Crippen LogP contribution in [0, 0.1) is 39.4 Å². The third kappa shape index (κ3) is 4.19. The molecule has 0 unspecified atom stereocenters. The van der Waals surface area contributed by atoms with Crippen molar-refractivity contribution >= 4 is 17.5 Å². The second-order valence-corrected chi connectivity index (χ2v) is 14.7. The summed E-state index contributed by atoms with van der Waals surface area (Å²) >= 11 is 0. The Kier molecular flexibility index (Phi) is 7.44. The van der Waals surface area contributed by atoms with E-state index in [1.807, 2.05) is 27.7 Å². The molecule has 0 amide bonds. The van der Waals surface area contributed by atoms with E-state index in [-0.39, 0.29) is 37.1 Å². The maximum atomic E-state index is 14.4. The molecule has 224 valence electrons. The number of rotatable bonds is 6. The van der Waals surface area contributed by atoms with Crippen molar-refractivity contribution in [3.8, 4) is 0 Å². The Morgan fingerprint density at radius 2 is 1.73 bits per heavy atom. The maximum Gasteiger partial charge on any atom is 0.303 e. The number of fused-ring (bicyclic) bond motifs is 5. The topological polar surface area (TPSA) is 141 Å². The smallest absolute Gasteiger partial charge is 0.303 e. The number of esters is 1. The first-order valence-corrected chi connectivity index (χ1v) is 14.6. The van der Waals surface area contributed by atoms with Gasteiger partial charge in [-0.3, -0.25) is 14.4 Å². The summed E-state index contributed by atoms with van der Waals surface area (Å²) in [5, 5.41) is 45.1. The van der Waals surface area contributed by atoms with Gasteiger partial charge in [-0.1, -0.05) is 39.3 Å². The van der Waals surface area contributed by atoms with Crippen molar-refractivity contribution in [2.24, 2.45) is 39.4 Å². The molecule has 3 fully saturated rings. The van der Waals surface area contributed by atoms with Crippen LogP contribution in [0.5, 0.6) is 0 Å². The number of ketones is 2. The van der Waals surface area contributed by atoms with Gasteiger partial charge in [0.25, 0.3) is 0 Å². The Bertz CT molecular complexity index is 1150. The summed E-state index contributed by atoms with van der Waals surface area (Å²) in [6.07, 6.45) is 5.10. The molecule has 4 aliphatic carbocycles. The molecule has 40 heavy (non-hydrogen) atoms. The van der Waals surface area contributed by atoms with Crippen molar-refractivity contribution in [2.75, 3.05) is 6.61 Å². The van der Waals surface area contributed by atoms with Crippen LogP contribution in [0.15, 0.2) is 23.8 Å². The molecule has 0 aliphatic heterocycles. The zero-order valence-electron chi connectivity index (χ0n) is 25.3. The van der Waals surface area contributed by atoms with Gasteiger partial charge in [0, 0.05) is 24.7 Å². The minimum atomic E-state index is -2.00. The average molecular weight is 561 g/mol. The Hall–Kier alpha value is -1.87. The van der Waals surface area contributed by atoms with Gasteiger partial charge in [-0.2, -0.15) is 0 Å². The number of Topliss-reactive ketones (excluding diaryl/α,β-unsaturated/α-hetero) is 1. The average Bonchev–Trinajstić information content (AvgIpc) is 3.03. The summed E-state index contributed by atoms with van der Waals surface area (Å²) in [7, 11) is 0. The number of hydrogen-bond donors (Lipinski definition) is 4. The summed E-state index contributed by atoms with van der Waals surface area (Å²) in [5.74, 6) is -2.70. The fourth-order valence-electron chi connectivity index (χ4n) is 9.56. The largest absolute Gasteiger partial charge is 0.456 e. The van der Waals surface area contributed by atoms with E-state index in [1.54, 1.807) is 13.8 Å². The highest BCUT2D eigenvalue weighted by molar-refractivity contribution is 5.97. The normalized spacial score (nSPS) is 42.4. The van der Waals surface area contributed by atoms with E-state index in [1.165, 1.54) is 26.0 Å². The second-order valence-electron chi connectivity index (χ2n) is 14.7. The predicted octanol–water partition coefficient (Wildman–Crippen LogP) is 3.29. The Balaban J connectivity index is 1.76. The first kappa shape index (κ1) is 31.1. The van der Waals surface area contributed by atoms with Gasteiger partial charge >= 0.3 is 5.97 Å². The van der Waals surface area contributed by atoms with Crippen molar-refractivity contribution in [3.05, 3.63) is 23.8 Å². The van der Waals surface area contributed by atoms with Gasteiger partial charge in [0.2, 0.25) is 0 Å². The molecule has 3 saturated carbocycles. The second kappa shape index (κ2) is 9.58. The molecule has 0 aromatic heterocycles. The lowest BCUT2D eigenvalue weighted by Crippen LogP contribution is -2.66. The Morgan fingerprint density at radius 1 is 1.10 bits per heavy atom. The van der Waals surface area contributed by atoms with Crippen molar-refractivity contribution in [1.82, 2.24) is 0 Å². The van der Waals surface area contributed by atoms with Crippen molar-refractivity contribution in [1.29, 1.82) is 0 Å². The van der Waals surface area contributed by atoms with E-state index in [4.69, 9.17) is 4.74 Å². The summed E-state index contributed by atoms with van der Waals surface area (Å²) in [6.45, 7) is 13.5. The molecule has 0 spiro atoms. The van der Waals surface area contributed by atoms with Gasteiger partial charge in [-0.25, -0.2) is 0 Å². The standard InChI is InChI=1S/C32H48O8/c1-18(34)40-27(2,3)14-13-24(37)31(8,39)26-21(35)15-29(6)22-11-9-19-20(10-12-23(36)28(19,4)5)32(22,17-33)25(38)16-30(26,29)7/h9,13-14,20-23,26,33,35-36,39H,10-12,15-17H2,1-8H3/t20-,21-,22+,23+,26+,29+,30-,31-,32-/m1/s1. The SMILES string of the molecule is CC(=O)OC(C)(C)C=CC(=O)[C@@](C)(O)[C@H]1[C@H](O)C[C@@]2(C)[C@@H]3CC=C4[C@@H](CC[C@H](O)C4(C)C)[C@@]3(CO)C(=O)C[C@]12C. The monoisotopic (exact) mass is 560 g/mol. The number of aliphatic hydroxyl groups excluding tert-OH is 3. The highest BCUT2D eigenvalue weighted by Gasteiger charge is 2.75. The van der Waals surface area contributed by atoms with Crippen molar-refractivity contribution < 1.29 is 39.5 Å². The molecular weight excluding hydrogens is 512 g/mol. The molecule has 9 atom stereocenters. The molecule has 0 aromatic rings. The van der Waals surface area contributed by atoms with E-state index >= 15 is 0 Å². The van der Waals surface area contributed by atoms with E-state index in [2.05, 4.69) is 6.08 Å². The molecule has 8 nitrogen and oxygen atoms in total. The first-order chi connectivity index (χ1) is 18.2. The number of ether oxygens (including phenoxy) is 1. The molecule has 0 bridgehead atoms. The number of carbonyl (C=O) groups is 3. The highest BCUT2D eigenvalue weighted by atomic mass is 16.6. The highest BCUT2D eigenvalue weighted by Crippen LogP contribution is 2.74. The van der Waals surface area contributed by atoms with E-state index in [0.717, 1.165) is 5.57 Å².